The summed E-state index contributed by atoms with van der Waals surface area (Å²) in [5.41, 5.74) is 4.55. The summed E-state index contributed by atoms with van der Waals surface area (Å²) in [6, 6.07) is 16.2. The van der Waals surface area contributed by atoms with E-state index in [1.807, 2.05) is 36.4 Å². The number of alkyl carbamates (subject to hydrolysis) is 1. The van der Waals surface area contributed by atoms with Crippen LogP contribution in [0.1, 0.15) is 36.3 Å². The molecule has 0 saturated heterocycles. The van der Waals surface area contributed by atoms with E-state index >= 15 is 0 Å². The molecular weight excluding hydrogens is 396 g/mol. The zero-order valence-corrected chi connectivity index (χ0v) is 17.2. The van der Waals surface area contributed by atoms with Gasteiger partial charge in [0.25, 0.3) is 0 Å². The molecule has 2 aliphatic rings. The number of hydrogen-bond donors (Lipinski definition) is 3. The molecule has 0 radical (unpaired) electrons. The zero-order chi connectivity index (χ0) is 21.8. The van der Waals surface area contributed by atoms with Gasteiger partial charge in [0, 0.05) is 12.5 Å². The molecule has 0 bridgehead atoms. The van der Waals surface area contributed by atoms with Gasteiger partial charge >= 0.3 is 12.1 Å². The molecule has 0 heterocycles. The Labute approximate surface area is 180 Å². The number of ether oxygens (including phenoxy) is 1. The summed E-state index contributed by atoms with van der Waals surface area (Å²) < 4.78 is 5.41. The molecule has 7 nitrogen and oxygen atoms in total. The van der Waals surface area contributed by atoms with Crippen LogP contribution in [0.3, 0.4) is 0 Å². The number of fused-ring (bicyclic) bond motifs is 3. The first kappa shape index (κ1) is 20.9. The van der Waals surface area contributed by atoms with Gasteiger partial charge in [0.05, 0.1) is 12.5 Å². The fourth-order valence-corrected chi connectivity index (χ4v) is 4.72. The highest BCUT2D eigenvalue weighted by Crippen LogP contribution is 2.44. The summed E-state index contributed by atoms with van der Waals surface area (Å²) in [5.74, 6) is -1.67. The van der Waals surface area contributed by atoms with Crippen LogP contribution in [0, 0.1) is 11.8 Å². The van der Waals surface area contributed by atoms with Crippen molar-refractivity contribution in [3.05, 3.63) is 59.7 Å². The molecule has 2 unspecified atom stereocenters. The Morgan fingerprint density at radius 3 is 2.23 bits per heavy atom. The molecule has 1 fully saturated rings. The molecule has 7 heteroatoms. The summed E-state index contributed by atoms with van der Waals surface area (Å²) in [6.07, 6.45) is 1.64. The highest BCUT2D eigenvalue weighted by Gasteiger charge is 2.33. The molecule has 4 rings (SSSR count). The minimum Gasteiger partial charge on any atom is -0.481 e. The topological polar surface area (TPSA) is 105 Å². The molecule has 2 aromatic rings. The van der Waals surface area contributed by atoms with Gasteiger partial charge in [0.1, 0.15) is 6.61 Å². The Hall–Kier alpha value is -3.35. The Balaban J connectivity index is 1.25. The number of carbonyl (C=O) groups is 3. The van der Waals surface area contributed by atoms with E-state index in [1.165, 1.54) is 0 Å². The van der Waals surface area contributed by atoms with Gasteiger partial charge in [0.2, 0.25) is 5.91 Å². The number of benzene rings is 2. The molecule has 0 spiro atoms. The molecule has 2 aromatic carbocycles. The second-order valence-electron chi connectivity index (χ2n) is 8.12. The van der Waals surface area contributed by atoms with E-state index in [0.717, 1.165) is 35.1 Å². The Morgan fingerprint density at radius 1 is 0.935 bits per heavy atom. The van der Waals surface area contributed by atoms with Crippen molar-refractivity contribution in [2.24, 2.45) is 11.8 Å². The number of nitrogens with one attached hydrogen (secondary N) is 2. The lowest BCUT2D eigenvalue weighted by atomic mass is 9.96. The lowest BCUT2D eigenvalue weighted by Crippen LogP contribution is -2.40. The number of hydrogen-bond acceptors (Lipinski definition) is 4. The van der Waals surface area contributed by atoms with Crippen LogP contribution in [0.2, 0.25) is 0 Å². The van der Waals surface area contributed by atoms with Gasteiger partial charge in [-0.15, -0.1) is 0 Å². The molecule has 1 saturated carbocycles. The van der Waals surface area contributed by atoms with Gasteiger partial charge in [-0.3, -0.25) is 9.59 Å². The van der Waals surface area contributed by atoms with E-state index in [4.69, 9.17) is 4.74 Å². The van der Waals surface area contributed by atoms with Crippen molar-refractivity contribution in [1.29, 1.82) is 0 Å². The summed E-state index contributed by atoms with van der Waals surface area (Å²) in [7, 11) is 0. The molecule has 0 aromatic heterocycles. The first-order chi connectivity index (χ1) is 15.0. The van der Waals surface area contributed by atoms with Gasteiger partial charge in [-0.25, -0.2) is 4.79 Å². The maximum absolute atomic E-state index is 12.1. The van der Waals surface area contributed by atoms with Crippen molar-refractivity contribution < 1.29 is 24.2 Å². The van der Waals surface area contributed by atoms with E-state index in [1.54, 1.807) is 0 Å². The zero-order valence-electron chi connectivity index (χ0n) is 17.2. The first-order valence-electron chi connectivity index (χ1n) is 10.6. The van der Waals surface area contributed by atoms with Gasteiger partial charge in [0.15, 0.2) is 0 Å². The fourth-order valence-electron chi connectivity index (χ4n) is 4.72. The van der Waals surface area contributed by atoms with Crippen molar-refractivity contribution in [3.8, 4) is 11.1 Å². The quantitative estimate of drug-likeness (QED) is 0.636. The van der Waals surface area contributed by atoms with Crippen molar-refractivity contribution in [3.63, 3.8) is 0 Å². The van der Waals surface area contributed by atoms with Crippen LogP contribution >= 0.6 is 0 Å². The van der Waals surface area contributed by atoms with Crippen molar-refractivity contribution in [1.82, 2.24) is 10.6 Å². The van der Waals surface area contributed by atoms with Crippen LogP contribution in [0.25, 0.3) is 11.1 Å². The molecule has 2 aliphatic carbocycles. The second-order valence-corrected chi connectivity index (χ2v) is 8.12. The number of aliphatic carboxylic acids is 1. The van der Waals surface area contributed by atoms with Crippen LogP contribution in [0.15, 0.2) is 48.5 Å². The van der Waals surface area contributed by atoms with Crippen molar-refractivity contribution >= 4 is 18.0 Å². The highest BCUT2D eigenvalue weighted by molar-refractivity contribution is 5.82. The van der Waals surface area contributed by atoms with Gasteiger partial charge < -0.3 is 20.5 Å². The predicted molar refractivity (Wildman–Crippen MR) is 115 cm³/mol. The number of amides is 2. The van der Waals surface area contributed by atoms with Crippen LogP contribution in [0.5, 0.6) is 0 Å². The molecule has 2 atom stereocenters. The van der Waals surface area contributed by atoms with E-state index in [2.05, 4.69) is 22.8 Å². The maximum Gasteiger partial charge on any atom is 0.407 e. The molecule has 31 heavy (non-hydrogen) atoms. The number of carbonyl (C=O) groups excluding carboxylic acids is 2. The summed E-state index contributed by atoms with van der Waals surface area (Å²) >= 11 is 0. The van der Waals surface area contributed by atoms with Crippen LogP contribution in [-0.2, 0) is 14.3 Å². The molecular formula is C24H26N2O5. The standard InChI is InChI=1S/C24H26N2O5/c27-22(25-12-15-6-5-11-16(15)23(28)29)13-26-24(30)31-14-21-19-9-3-1-7-17(19)18-8-2-4-10-20(18)21/h1-4,7-10,15-16,21H,5-6,11-14H2,(H,25,27)(H,26,30)(H,28,29). The minimum atomic E-state index is -0.812. The van der Waals surface area contributed by atoms with Crippen molar-refractivity contribution in [2.75, 3.05) is 19.7 Å². The summed E-state index contributed by atoms with van der Waals surface area (Å²) in [5, 5.41) is 14.4. The first-order valence-corrected chi connectivity index (χ1v) is 10.6. The Bertz CT molecular complexity index is 944. The van der Waals surface area contributed by atoms with E-state index < -0.39 is 18.0 Å². The van der Waals surface area contributed by atoms with Crippen LogP contribution in [0.4, 0.5) is 4.79 Å². The lowest BCUT2D eigenvalue weighted by molar-refractivity contribution is -0.143. The minimum absolute atomic E-state index is 0.0395. The third kappa shape index (κ3) is 4.55. The van der Waals surface area contributed by atoms with E-state index in [9.17, 15) is 19.5 Å². The Kier molecular flexibility index (Phi) is 6.21. The number of carboxylic acids is 1. The molecule has 0 aliphatic heterocycles. The average molecular weight is 422 g/mol. The fraction of sp³-hybridized carbons (Fsp3) is 0.375. The predicted octanol–water partition coefficient (Wildman–Crippen LogP) is 3.14. The SMILES string of the molecule is O=C(CNC(=O)OCC1c2ccccc2-c2ccccc21)NCC1CCCC1C(=O)O. The smallest absolute Gasteiger partial charge is 0.407 e. The van der Waals surface area contributed by atoms with E-state index in [0.29, 0.717) is 13.0 Å². The molecule has 162 valence electrons. The van der Waals surface area contributed by atoms with Gasteiger partial charge in [-0.2, -0.15) is 0 Å². The third-order valence-electron chi connectivity index (χ3n) is 6.27. The lowest BCUT2D eigenvalue weighted by Gasteiger charge is -2.17. The highest BCUT2D eigenvalue weighted by atomic mass is 16.5. The number of rotatable bonds is 7. The van der Waals surface area contributed by atoms with Gasteiger partial charge in [-0.1, -0.05) is 55.0 Å². The Morgan fingerprint density at radius 2 is 1.58 bits per heavy atom. The third-order valence-corrected chi connectivity index (χ3v) is 6.27. The summed E-state index contributed by atoms with van der Waals surface area (Å²) in [6.45, 7) is 0.285. The monoisotopic (exact) mass is 422 g/mol. The van der Waals surface area contributed by atoms with Gasteiger partial charge in [-0.05, 0) is 41.0 Å². The van der Waals surface area contributed by atoms with E-state index in [-0.39, 0.29) is 30.9 Å². The normalized spacial score (nSPS) is 19.4. The summed E-state index contributed by atoms with van der Waals surface area (Å²) in [4.78, 5) is 35.4. The molecule has 2 amide bonds. The molecule has 3 N–H and O–H groups in total. The van der Waals surface area contributed by atoms with Crippen LogP contribution < -0.4 is 10.6 Å². The average Bonchev–Trinajstić information content (AvgIpc) is 3.38. The number of carboxylic acid groups (broad SMARTS) is 1. The van der Waals surface area contributed by atoms with Crippen LogP contribution in [-0.4, -0.2) is 42.8 Å². The maximum atomic E-state index is 12.1. The van der Waals surface area contributed by atoms with Crippen molar-refractivity contribution in [2.45, 2.75) is 25.2 Å². The largest absolute Gasteiger partial charge is 0.481 e. The second kappa shape index (κ2) is 9.20.